The van der Waals surface area contributed by atoms with Gasteiger partial charge in [-0.15, -0.1) is 11.3 Å². The lowest BCUT2D eigenvalue weighted by molar-refractivity contribution is 0.0524. The van der Waals surface area contributed by atoms with Gasteiger partial charge in [0.25, 0.3) is 0 Å². The predicted molar refractivity (Wildman–Crippen MR) is 134 cm³/mol. The first-order chi connectivity index (χ1) is 17.0. The van der Waals surface area contributed by atoms with Gasteiger partial charge in [0, 0.05) is 32.5 Å². The molecular formula is C26H26N4O4S. The van der Waals surface area contributed by atoms with E-state index in [0.717, 1.165) is 53.8 Å². The minimum absolute atomic E-state index is 0.0552. The first kappa shape index (κ1) is 22.2. The highest BCUT2D eigenvalue weighted by Crippen LogP contribution is 2.64. The first-order valence-electron chi connectivity index (χ1n) is 12.1. The first-order valence-corrected chi connectivity index (χ1v) is 12.9. The molecule has 1 aromatic carbocycles. The van der Waals surface area contributed by atoms with Crippen molar-refractivity contribution in [3.63, 3.8) is 0 Å². The zero-order valence-electron chi connectivity index (χ0n) is 19.7. The van der Waals surface area contributed by atoms with E-state index in [1.54, 1.807) is 37.6 Å². The van der Waals surface area contributed by atoms with Gasteiger partial charge in [-0.1, -0.05) is 5.11 Å². The monoisotopic (exact) mass is 490 g/mol. The fraction of sp³-hybridized carbons (Fsp3) is 0.462. The van der Waals surface area contributed by atoms with Crippen molar-refractivity contribution in [3.05, 3.63) is 61.1 Å². The summed E-state index contributed by atoms with van der Waals surface area (Å²) in [6.07, 6.45) is 7.86. The van der Waals surface area contributed by atoms with Crippen molar-refractivity contribution in [1.82, 2.24) is 4.57 Å². The molecule has 180 valence electrons. The molecule has 0 radical (unpaired) electrons. The van der Waals surface area contributed by atoms with Gasteiger partial charge in [-0.2, -0.15) is 0 Å². The largest absolute Gasteiger partial charge is 0.494 e. The summed E-state index contributed by atoms with van der Waals surface area (Å²) in [5, 5.41) is 4.66. The highest BCUT2D eigenvalue weighted by Gasteiger charge is 2.52. The summed E-state index contributed by atoms with van der Waals surface area (Å²) in [5.74, 6) is 0.0304. The van der Waals surface area contributed by atoms with Gasteiger partial charge in [0.2, 0.25) is 5.43 Å². The Hall–Kier alpha value is -3.29. The number of benzene rings is 1. The summed E-state index contributed by atoms with van der Waals surface area (Å²) in [6.45, 7) is 1.94. The number of methoxy groups -OCH3 is 1. The van der Waals surface area contributed by atoms with Crippen LogP contribution in [0.15, 0.2) is 34.3 Å². The van der Waals surface area contributed by atoms with Crippen LogP contribution in [0.2, 0.25) is 0 Å². The van der Waals surface area contributed by atoms with E-state index in [1.165, 1.54) is 5.56 Å². The maximum atomic E-state index is 13.3. The van der Waals surface area contributed by atoms with Crippen molar-refractivity contribution in [2.24, 2.45) is 10.5 Å². The average Bonchev–Trinajstić information content (AvgIpc) is 3.79. The number of hydrogen-bond acceptors (Lipinski definition) is 6. The predicted octanol–water partition coefficient (Wildman–Crippen LogP) is 6.33. The lowest BCUT2D eigenvalue weighted by Crippen LogP contribution is -2.21. The number of fused-ring (bicyclic) bond motifs is 2. The molecule has 2 aromatic heterocycles. The van der Waals surface area contributed by atoms with E-state index >= 15 is 0 Å². The quantitative estimate of drug-likeness (QED) is 0.174. The Morgan fingerprint density at radius 3 is 2.77 bits per heavy atom. The van der Waals surface area contributed by atoms with Crippen LogP contribution in [0.4, 0.5) is 0 Å². The topological polar surface area (TPSA) is 106 Å². The lowest BCUT2D eigenvalue weighted by atomic mass is 9.82. The number of azide groups is 1. The van der Waals surface area contributed by atoms with Crippen molar-refractivity contribution >= 4 is 28.2 Å². The van der Waals surface area contributed by atoms with Crippen LogP contribution in [-0.4, -0.2) is 24.3 Å². The third-order valence-electron chi connectivity index (χ3n) is 7.67. The lowest BCUT2D eigenvalue weighted by Gasteiger charge is -2.28. The van der Waals surface area contributed by atoms with Crippen LogP contribution >= 0.6 is 11.3 Å². The second-order valence-corrected chi connectivity index (χ2v) is 10.8. The molecule has 35 heavy (non-hydrogen) atoms. The number of carbonyl (C=O) groups is 1. The maximum absolute atomic E-state index is 13.3. The van der Waals surface area contributed by atoms with E-state index in [4.69, 9.17) is 9.47 Å². The third kappa shape index (κ3) is 3.45. The van der Waals surface area contributed by atoms with Crippen LogP contribution in [0.1, 0.15) is 71.9 Å². The molecule has 2 fully saturated rings. The number of aryl methyl sites for hydroxylation is 1. The Bertz CT molecular complexity index is 1470. The molecule has 0 amide bonds. The van der Waals surface area contributed by atoms with Crippen LogP contribution in [0.3, 0.4) is 0 Å². The van der Waals surface area contributed by atoms with Crippen molar-refractivity contribution in [2.75, 3.05) is 13.7 Å². The molecule has 3 aliphatic carbocycles. The number of carbonyl (C=O) groups excluding carboxylic acids is 1. The zero-order valence-corrected chi connectivity index (χ0v) is 20.6. The van der Waals surface area contributed by atoms with Gasteiger partial charge < -0.3 is 14.0 Å². The number of aromatic nitrogens is 1. The molecule has 3 aromatic rings. The Morgan fingerprint density at radius 1 is 1.31 bits per heavy atom. The molecule has 2 saturated carbocycles. The maximum Gasteiger partial charge on any atom is 0.343 e. The van der Waals surface area contributed by atoms with E-state index in [9.17, 15) is 15.1 Å². The van der Waals surface area contributed by atoms with E-state index in [1.807, 2.05) is 10.6 Å². The summed E-state index contributed by atoms with van der Waals surface area (Å²) in [5.41, 5.74) is 11.9. The number of esters is 1. The Balaban J connectivity index is 1.54. The second kappa shape index (κ2) is 8.14. The minimum Gasteiger partial charge on any atom is -0.494 e. The van der Waals surface area contributed by atoms with Crippen LogP contribution in [0, 0.1) is 5.41 Å². The highest BCUT2D eigenvalue weighted by molar-refractivity contribution is 7.15. The van der Waals surface area contributed by atoms with Gasteiger partial charge in [0.05, 0.1) is 30.7 Å². The van der Waals surface area contributed by atoms with E-state index in [0.29, 0.717) is 16.7 Å². The van der Waals surface area contributed by atoms with Crippen LogP contribution in [0.5, 0.6) is 5.75 Å². The van der Waals surface area contributed by atoms with Gasteiger partial charge >= 0.3 is 5.97 Å². The minimum atomic E-state index is -0.596. The summed E-state index contributed by atoms with van der Waals surface area (Å²) >= 11 is 1.66. The summed E-state index contributed by atoms with van der Waals surface area (Å²) in [6, 6.07) is 5.99. The van der Waals surface area contributed by atoms with E-state index in [2.05, 4.69) is 16.1 Å². The van der Waals surface area contributed by atoms with Gasteiger partial charge in [-0.25, -0.2) is 4.79 Å². The number of hydrogen-bond donors (Lipinski definition) is 0. The molecular weight excluding hydrogens is 464 g/mol. The van der Waals surface area contributed by atoms with Gasteiger partial charge in [-0.3, -0.25) is 4.79 Å². The number of nitrogens with zero attached hydrogens (tertiary/aromatic N) is 4. The van der Waals surface area contributed by atoms with Gasteiger partial charge in [-0.05, 0) is 80.2 Å². The van der Waals surface area contributed by atoms with Gasteiger partial charge in [0.1, 0.15) is 5.56 Å². The molecule has 1 unspecified atom stereocenters. The molecule has 8 nitrogen and oxygen atoms in total. The number of rotatable bonds is 6. The Kier molecular flexibility index (Phi) is 5.16. The van der Waals surface area contributed by atoms with Crippen LogP contribution in [-0.2, 0) is 11.2 Å². The van der Waals surface area contributed by atoms with Crippen molar-refractivity contribution in [3.8, 4) is 16.2 Å². The normalized spacial score (nSPS) is 19.8. The highest BCUT2D eigenvalue weighted by atomic mass is 32.1. The molecule has 1 spiro atoms. The molecule has 0 aliphatic heterocycles. The third-order valence-corrected chi connectivity index (χ3v) is 8.94. The molecule has 1 atom stereocenters. The van der Waals surface area contributed by atoms with E-state index < -0.39 is 5.97 Å². The second-order valence-electron chi connectivity index (χ2n) is 9.74. The van der Waals surface area contributed by atoms with E-state index in [-0.39, 0.29) is 35.1 Å². The Labute approximate surface area is 206 Å². The average molecular weight is 491 g/mol. The number of pyridine rings is 1. The summed E-state index contributed by atoms with van der Waals surface area (Å²) in [7, 11) is 1.62. The van der Waals surface area contributed by atoms with Crippen LogP contribution in [0.25, 0.3) is 31.8 Å². The summed E-state index contributed by atoms with van der Waals surface area (Å²) in [4.78, 5) is 31.2. The molecule has 0 N–H and O–H groups in total. The molecule has 6 rings (SSSR count). The fourth-order valence-electron chi connectivity index (χ4n) is 5.53. The SMILES string of the molecule is CCOC(=O)c1cn(C2CC2)c2c(OC)c(-c3cc4c(s3)C(N=[N+]=[N-])C3(CC4)CC3)ccc2c1=O. The molecule has 0 bridgehead atoms. The smallest absolute Gasteiger partial charge is 0.343 e. The fourth-order valence-corrected chi connectivity index (χ4v) is 6.93. The summed E-state index contributed by atoms with van der Waals surface area (Å²) < 4.78 is 13.1. The van der Waals surface area contributed by atoms with Crippen molar-refractivity contribution in [1.29, 1.82) is 0 Å². The Morgan fingerprint density at radius 2 is 2.11 bits per heavy atom. The molecule has 2 heterocycles. The zero-order chi connectivity index (χ0) is 24.3. The van der Waals surface area contributed by atoms with Crippen molar-refractivity contribution < 1.29 is 14.3 Å². The van der Waals surface area contributed by atoms with Gasteiger partial charge in [0.15, 0.2) is 5.75 Å². The number of thiophene rings is 1. The standard InChI is InChI=1S/C26H26N4O4S/c1-3-34-25(32)18-13-30(15-4-5-15)20-17(21(18)31)7-6-16(22(20)33-2)19-12-14-8-9-26(10-11-26)24(28-29-27)23(14)35-19/h6-7,12-13,15,24H,3-5,8-11H2,1-2H3. The van der Waals surface area contributed by atoms with Crippen LogP contribution < -0.4 is 10.2 Å². The molecule has 0 saturated heterocycles. The number of ether oxygens (including phenoxy) is 2. The molecule has 9 heteroatoms. The molecule has 3 aliphatic rings. The van der Waals surface area contributed by atoms with Crippen molar-refractivity contribution in [2.45, 2.75) is 57.5 Å².